The molecule has 1 aliphatic carbocycles. The lowest BCUT2D eigenvalue weighted by molar-refractivity contribution is 0.173. The summed E-state index contributed by atoms with van der Waals surface area (Å²) < 4.78 is 0. The molecule has 0 amide bonds. The van der Waals surface area contributed by atoms with Crippen molar-refractivity contribution in [3.8, 4) is 0 Å². The number of benzene rings is 2. The van der Waals surface area contributed by atoms with E-state index in [-0.39, 0.29) is 12.0 Å². The monoisotopic (exact) mass is 280 g/mol. The number of aliphatic hydroxyl groups excluding tert-OH is 1. The summed E-state index contributed by atoms with van der Waals surface area (Å²) in [4.78, 5) is 0. The molecule has 0 heterocycles. The molecule has 0 saturated carbocycles. The Bertz CT molecular complexity index is 644. The summed E-state index contributed by atoms with van der Waals surface area (Å²) in [6, 6.07) is 15.3. The van der Waals surface area contributed by atoms with Gasteiger partial charge in [-0.1, -0.05) is 48.0 Å². The van der Waals surface area contributed by atoms with Crippen molar-refractivity contribution in [3.63, 3.8) is 0 Å². The number of fused-ring (bicyclic) bond motifs is 1. The zero-order valence-corrected chi connectivity index (χ0v) is 13.0. The molecule has 0 spiro atoms. The van der Waals surface area contributed by atoms with Crippen LogP contribution in [0.4, 0.5) is 0 Å². The summed E-state index contributed by atoms with van der Waals surface area (Å²) in [5.41, 5.74) is 6.68. The van der Waals surface area contributed by atoms with Crippen LogP contribution < -0.4 is 0 Å². The van der Waals surface area contributed by atoms with E-state index < -0.39 is 0 Å². The fraction of sp³-hybridized carbons (Fsp3) is 0.400. The molecule has 3 rings (SSSR count). The maximum absolute atomic E-state index is 10.2. The fourth-order valence-corrected chi connectivity index (χ4v) is 3.77. The molecule has 1 N–H and O–H groups in total. The van der Waals surface area contributed by atoms with Gasteiger partial charge in [0.25, 0.3) is 0 Å². The van der Waals surface area contributed by atoms with Crippen molar-refractivity contribution < 1.29 is 5.11 Å². The SMILES string of the molecule is Cc1ccc(C)c(CC2(CO)CCCc3ccccc32)c1. The topological polar surface area (TPSA) is 20.2 Å². The Kier molecular flexibility index (Phi) is 3.86. The molecule has 21 heavy (non-hydrogen) atoms. The molecular formula is C20H24O. The van der Waals surface area contributed by atoms with Crippen molar-refractivity contribution in [3.05, 3.63) is 70.3 Å². The summed E-state index contributed by atoms with van der Waals surface area (Å²) in [5.74, 6) is 0. The maximum atomic E-state index is 10.2. The Morgan fingerprint density at radius 3 is 2.71 bits per heavy atom. The van der Waals surface area contributed by atoms with E-state index in [1.165, 1.54) is 34.2 Å². The number of hydrogen-bond donors (Lipinski definition) is 1. The summed E-state index contributed by atoms with van der Waals surface area (Å²) in [6.07, 6.45) is 4.33. The molecule has 0 bridgehead atoms. The van der Waals surface area contributed by atoms with Gasteiger partial charge in [0.2, 0.25) is 0 Å². The molecule has 2 aromatic carbocycles. The highest BCUT2D eigenvalue weighted by atomic mass is 16.3. The molecule has 0 radical (unpaired) electrons. The highest BCUT2D eigenvalue weighted by Gasteiger charge is 2.36. The highest BCUT2D eigenvalue weighted by Crippen LogP contribution is 2.40. The van der Waals surface area contributed by atoms with Crippen LogP contribution in [0.3, 0.4) is 0 Å². The number of rotatable bonds is 3. The minimum atomic E-state index is -0.104. The molecular weight excluding hydrogens is 256 g/mol. The molecule has 1 heteroatoms. The van der Waals surface area contributed by atoms with Gasteiger partial charge < -0.3 is 5.11 Å². The first-order valence-corrected chi connectivity index (χ1v) is 7.90. The third kappa shape index (κ3) is 2.63. The van der Waals surface area contributed by atoms with Crippen molar-refractivity contribution >= 4 is 0 Å². The van der Waals surface area contributed by atoms with Gasteiger partial charge in [-0.25, -0.2) is 0 Å². The second-order valence-corrected chi connectivity index (χ2v) is 6.56. The lowest BCUT2D eigenvalue weighted by Crippen LogP contribution is -2.37. The van der Waals surface area contributed by atoms with Crippen LogP contribution in [0, 0.1) is 13.8 Å². The Morgan fingerprint density at radius 2 is 1.90 bits per heavy atom. The summed E-state index contributed by atoms with van der Waals surface area (Å²) in [6.45, 7) is 4.55. The van der Waals surface area contributed by atoms with Crippen molar-refractivity contribution in [1.82, 2.24) is 0 Å². The van der Waals surface area contributed by atoms with E-state index in [9.17, 15) is 5.11 Å². The maximum Gasteiger partial charge on any atom is 0.0531 e. The fourth-order valence-electron chi connectivity index (χ4n) is 3.77. The minimum absolute atomic E-state index is 0.104. The van der Waals surface area contributed by atoms with Crippen molar-refractivity contribution in [1.29, 1.82) is 0 Å². The van der Waals surface area contributed by atoms with Crippen molar-refractivity contribution in [2.75, 3.05) is 6.61 Å². The molecule has 1 nitrogen and oxygen atoms in total. The zero-order valence-electron chi connectivity index (χ0n) is 13.0. The van der Waals surface area contributed by atoms with Crippen LogP contribution in [0.1, 0.15) is 40.7 Å². The predicted octanol–water partition coefficient (Wildman–Crippen LogP) is 4.11. The normalized spacial score (nSPS) is 21.1. The van der Waals surface area contributed by atoms with Gasteiger partial charge in [-0.05, 0) is 61.8 Å². The van der Waals surface area contributed by atoms with Crippen molar-refractivity contribution in [2.45, 2.75) is 44.9 Å². The third-order valence-corrected chi connectivity index (χ3v) is 5.03. The van der Waals surface area contributed by atoms with Crippen LogP contribution in [0.25, 0.3) is 0 Å². The smallest absolute Gasteiger partial charge is 0.0531 e. The standard InChI is InChI=1S/C20H24O/c1-15-9-10-16(2)18(12-15)13-20(14-21)11-5-7-17-6-3-4-8-19(17)20/h3-4,6,8-10,12,21H,5,7,11,13-14H2,1-2H3. The first-order valence-electron chi connectivity index (χ1n) is 7.90. The summed E-state index contributed by atoms with van der Waals surface area (Å²) in [5, 5.41) is 10.2. The van der Waals surface area contributed by atoms with Gasteiger partial charge in [0.15, 0.2) is 0 Å². The lowest BCUT2D eigenvalue weighted by Gasteiger charge is -2.38. The van der Waals surface area contributed by atoms with Crippen LogP contribution in [-0.4, -0.2) is 11.7 Å². The van der Waals surface area contributed by atoms with Gasteiger partial charge in [-0.2, -0.15) is 0 Å². The molecule has 0 aliphatic heterocycles. The second-order valence-electron chi connectivity index (χ2n) is 6.56. The molecule has 1 unspecified atom stereocenters. The molecule has 0 aromatic heterocycles. The van der Waals surface area contributed by atoms with E-state index in [4.69, 9.17) is 0 Å². The number of aryl methyl sites for hydroxylation is 3. The number of hydrogen-bond acceptors (Lipinski definition) is 1. The Morgan fingerprint density at radius 1 is 1.10 bits per heavy atom. The lowest BCUT2D eigenvalue weighted by atomic mass is 9.67. The van der Waals surface area contributed by atoms with E-state index in [0.717, 1.165) is 19.3 Å². The molecule has 1 atom stereocenters. The van der Waals surface area contributed by atoms with Crippen LogP contribution in [-0.2, 0) is 18.3 Å². The van der Waals surface area contributed by atoms with Gasteiger partial charge in [0.05, 0.1) is 6.61 Å². The second kappa shape index (κ2) is 5.65. The number of aliphatic hydroxyl groups is 1. The van der Waals surface area contributed by atoms with Crippen LogP contribution >= 0.6 is 0 Å². The average molecular weight is 280 g/mol. The molecule has 0 saturated heterocycles. The van der Waals surface area contributed by atoms with Gasteiger partial charge >= 0.3 is 0 Å². The highest BCUT2D eigenvalue weighted by molar-refractivity contribution is 5.41. The Labute approximate surface area is 127 Å². The quantitative estimate of drug-likeness (QED) is 0.897. The van der Waals surface area contributed by atoms with Gasteiger partial charge in [0.1, 0.15) is 0 Å². The average Bonchev–Trinajstić information content (AvgIpc) is 2.51. The van der Waals surface area contributed by atoms with Gasteiger partial charge in [-0.3, -0.25) is 0 Å². The van der Waals surface area contributed by atoms with E-state index >= 15 is 0 Å². The molecule has 1 aliphatic rings. The van der Waals surface area contributed by atoms with Crippen LogP contribution in [0.2, 0.25) is 0 Å². The van der Waals surface area contributed by atoms with E-state index in [1.807, 2.05) is 0 Å². The summed E-state index contributed by atoms with van der Waals surface area (Å²) in [7, 11) is 0. The Hall–Kier alpha value is -1.60. The van der Waals surface area contributed by atoms with Crippen LogP contribution in [0.15, 0.2) is 42.5 Å². The molecule has 110 valence electrons. The molecule has 2 aromatic rings. The zero-order chi connectivity index (χ0) is 14.9. The largest absolute Gasteiger partial charge is 0.395 e. The molecule has 0 fully saturated rings. The van der Waals surface area contributed by atoms with E-state index in [0.29, 0.717) is 0 Å². The van der Waals surface area contributed by atoms with E-state index in [2.05, 4.69) is 56.3 Å². The van der Waals surface area contributed by atoms with Crippen LogP contribution in [0.5, 0.6) is 0 Å². The summed E-state index contributed by atoms with van der Waals surface area (Å²) >= 11 is 0. The predicted molar refractivity (Wildman–Crippen MR) is 87.8 cm³/mol. The van der Waals surface area contributed by atoms with Gasteiger partial charge in [-0.15, -0.1) is 0 Å². The van der Waals surface area contributed by atoms with E-state index in [1.54, 1.807) is 0 Å². The first-order chi connectivity index (χ1) is 10.1. The van der Waals surface area contributed by atoms with Crippen molar-refractivity contribution in [2.24, 2.45) is 0 Å². The van der Waals surface area contributed by atoms with Gasteiger partial charge in [0, 0.05) is 5.41 Å². The Balaban J connectivity index is 2.04. The first kappa shape index (κ1) is 14.3. The third-order valence-electron chi connectivity index (χ3n) is 5.03. The minimum Gasteiger partial charge on any atom is -0.395 e.